The van der Waals surface area contributed by atoms with Crippen LogP contribution in [0.4, 0.5) is 0 Å². The number of aromatic nitrogens is 2. The fraction of sp³-hybridized carbons (Fsp3) is 0.833. The Hall–Kier alpha value is -1.59. The van der Waals surface area contributed by atoms with Crippen LogP contribution in [-0.4, -0.2) is 36.2 Å². The molecule has 6 heteroatoms. The highest BCUT2D eigenvalue weighted by Gasteiger charge is 2.14. The zero-order valence-corrected chi connectivity index (χ0v) is 15.5. The van der Waals surface area contributed by atoms with E-state index >= 15 is 0 Å². The summed E-state index contributed by atoms with van der Waals surface area (Å²) in [5.41, 5.74) is 0. The predicted molar refractivity (Wildman–Crippen MR) is 97.3 cm³/mol. The third-order valence-corrected chi connectivity index (χ3v) is 4.66. The van der Waals surface area contributed by atoms with Crippen LogP contribution in [0.1, 0.15) is 76.4 Å². The number of hydrogen-bond acceptors (Lipinski definition) is 4. The lowest BCUT2D eigenvalue weighted by molar-refractivity contribution is 0.371. The van der Waals surface area contributed by atoms with Gasteiger partial charge in [0.2, 0.25) is 5.89 Å². The molecule has 0 unspecified atom stereocenters. The molecule has 1 aromatic heterocycles. The van der Waals surface area contributed by atoms with E-state index in [4.69, 9.17) is 4.52 Å². The summed E-state index contributed by atoms with van der Waals surface area (Å²) in [6.45, 7) is 5.84. The Morgan fingerprint density at radius 1 is 1.21 bits per heavy atom. The standard InChI is InChI=1S/C18H33N5O/c1-14(2)17-22-16(24-23-17)11-13-21-18(19-3)20-12-7-6-10-15-8-4-5-9-15/h14-15H,4-13H2,1-3H3,(H2,19,20,21). The summed E-state index contributed by atoms with van der Waals surface area (Å²) in [5, 5.41) is 10.7. The Balaban J connectivity index is 1.54. The van der Waals surface area contributed by atoms with Crippen molar-refractivity contribution in [2.24, 2.45) is 10.9 Å². The van der Waals surface area contributed by atoms with Crippen LogP contribution < -0.4 is 10.6 Å². The molecular formula is C18H33N5O. The summed E-state index contributed by atoms with van der Waals surface area (Å²) < 4.78 is 5.24. The Labute approximate surface area is 145 Å². The summed E-state index contributed by atoms with van der Waals surface area (Å²) in [4.78, 5) is 8.63. The molecule has 0 atom stereocenters. The maximum atomic E-state index is 5.24. The third kappa shape index (κ3) is 6.49. The fourth-order valence-corrected chi connectivity index (χ4v) is 3.18. The van der Waals surface area contributed by atoms with Crippen molar-refractivity contribution >= 4 is 5.96 Å². The van der Waals surface area contributed by atoms with Gasteiger partial charge in [0.25, 0.3) is 0 Å². The number of nitrogens with zero attached hydrogens (tertiary/aromatic N) is 3. The molecule has 0 aliphatic heterocycles. The van der Waals surface area contributed by atoms with Gasteiger partial charge in [0, 0.05) is 32.5 Å². The third-order valence-electron chi connectivity index (χ3n) is 4.66. The number of guanidine groups is 1. The first-order valence-corrected chi connectivity index (χ1v) is 9.46. The zero-order chi connectivity index (χ0) is 17.2. The highest BCUT2D eigenvalue weighted by molar-refractivity contribution is 5.79. The zero-order valence-electron chi connectivity index (χ0n) is 15.5. The van der Waals surface area contributed by atoms with Crippen molar-refractivity contribution in [2.45, 2.75) is 71.1 Å². The molecule has 2 rings (SSSR count). The van der Waals surface area contributed by atoms with E-state index in [1.165, 1.54) is 44.9 Å². The normalized spacial score (nSPS) is 16.1. The van der Waals surface area contributed by atoms with Gasteiger partial charge in [-0.2, -0.15) is 4.98 Å². The molecule has 0 saturated heterocycles. The lowest BCUT2D eigenvalue weighted by atomic mass is 10.0. The van der Waals surface area contributed by atoms with E-state index in [9.17, 15) is 0 Å². The molecule has 1 heterocycles. The Morgan fingerprint density at radius 2 is 1.96 bits per heavy atom. The average Bonchev–Trinajstić information content (AvgIpc) is 3.24. The summed E-state index contributed by atoms with van der Waals surface area (Å²) in [7, 11) is 1.80. The SMILES string of the molecule is CN=C(NCCCCC1CCCC1)NCCc1nc(C(C)C)no1. The smallest absolute Gasteiger partial charge is 0.228 e. The number of nitrogens with one attached hydrogen (secondary N) is 2. The Kier molecular flexibility index (Phi) is 8.05. The van der Waals surface area contributed by atoms with Crippen LogP contribution in [0.3, 0.4) is 0 Å². The van der Waals surface area contributed by atoms with Crippen LogP contribution in [0, 0.1) is 5.92 Å². The fourth-order valence-electron chi connectivity index (χ4n) is 3.18. The second-order valence-corrected chi connectivity index (χ2v) is 7.02. The van der Waals surface area contributed by atoms with E-state index < -0.39 is 0 Å². The van der Waals surface area contributed by atoms with Crippen molar-refractivity contribution in [3.63, 3.8) is 0 Å². The molecule has 0 spiro atoms. The number of rotatable bonds is 9. The van der Waals surface area contributed by atoms with E-state index in [0.717, 1.165) is 30.8 Å². The minimum Gasteiger partial charge on any atom is -0.356 e. The van der Waals surface area contributed by atoms with Crippen molar-refractivity contribution in [1.82, 2.24) is 20.8 Å². The Bertz CT molecular complexity index is 491. The number of hydrogen-bond donors (Lipinski definition) is 2. The molecule has 0 aromatic carbocycles. The first-order valence-electron chi connectivity index (χ1n) is 9.46. The largest absolute Gasteiger partial charge is 0.356 e. The molecule has 0 amide bonds. The van der Waals surface area contributed by atoms with Gasteiger partial charge in [0.1, 0.15) is 0 Å². The van der Waals surface area contributed by atoms with Gasteiger partial charge in [-0.15, -0.1) is 0 Å². The molecule has 24 heavy (non-hydrogen) atoms. The average molecular weight is 335 g/mol. The minimum absolute atomic E-state index is 0.300. The van der Waals surface area contributed by atoms with E-state index in [1.807, 2.05) is 0 Å². The van der Waals surface area contributed by atoms with Crippen molar-refractivity contribution < 1.29 is 4.52 Å². The summed E-state index contributed by atoms with van der Waals surface area (Å²) in [5.74, 6) is 3.59. The summed E-state index contributed by atoms with van der Waals surface area (Å²) in [6, 6.07) is 0. The van der Waals surface area contributed by atoms with Gasteiger partial charge in [-0.1, -0.05) is 57.5 Å². The van der Waals surface area contributed by atoms with E-state index in [2.05, 4.69) is 39.6 Å². The lowest BCUT2D eigenvalue weighted by Crippen LogP contribution is -2.38. The van der Waals surface area contributed by atoms with Crippen LogP contribution in [0.2, 0.25) is 0 Å². The van der Waals surface area contributed by atoms with Crippen molar-refractivity contribution in [1.29, 1.82) is 0 Å². The van der Waals surface area contributed by atoms with E-state index in [0.29, 0.717) is 18.2 Å². The lowest BCUT2D eigenvalue weighted by Gasteiger charge is -2.12. The van der Waals surface area contributed by atoms with Gasteiger partial charge in [0.15, 0.2) is 11.8 Å². The van der Waals surface area contributed by atoms with Crippen LogP contribution in [0.25, 0.3) is 0 Å². The molecule has 6 nitrogen and oxygen atoms in total. The molecule has 2 N–H and O–H groups in total. The quantitative estimate of drug-likeness (QED) is 0.411. The van der Waals surface area contributed by atoms with Gasteiger partial charge in [-0.05, 0) is 12.3 Å². The molecule has 1 aliphatic carbocycles. The highest BCUT2D eigenvalue weighted by atomic mass is 16.5. The minimum atomic E-state index is 0.300. The molecule has 0 radical (unpaired) electrons. The molecule has 0 bridgehead atoms. The number of aliphatic imine (C=N–C) groups is 1. The van der Waals surface area contributed by atoms with Crippen molar-refractivity contribution in [2.75, 3.05) is 20.1 Å². The highest BCUT2D eigenvalue weighted by Crippen LogP contribution is 2.28. The topological polar surface area (TPSA) is 75.3 Å². The van der Waals surface area contributed by atoms with Crippen LogP contribution in [0.15, 0.2) is 9.52 Å². The van der Waals surface area contributed by atoms with Gasteiger partial charge < -0.3 is 15.2 Å². The first-order chi connectivity index (χ1) is 11.7. The van der Waals surface area contributed by atoms with Gasteiger partial charge in [0.05, 0.1) is 0 Å². The van der Waals surface area contributed by atoms with Gasteiger partial charge in [-0.25, -0.2) is 0 Å². The first kappa shape index (κ1) is 18.7. The molecule has 1 aliphatic rings. The van der Waals surface area contributed by atoms with Crippen LogP contribution in [0.5, 0.6) is 0 Å². The molecule has 1 aromatic rings. The monoisotopic (exact) mass is 335 g/mol. The summed E-state index contributed by atoms with van der Waals surface area (Å²) in [6.07, 6.45) is 10.4. The second kappa shape index (κ2) is 10.3. The van der Waals surface area contributed by atoms with Gasteiger partial charge >= 0.3 is 0 Å². The van der Waals surface area contributed by atoms with Crippen LogP contribution in [-0.2, 0) is 6.42 Å². The van der Waals surface area contributed by atoms with Gasteiger partial charge in [-0.3, -0.25) is 4.99 Å². The second-order valence-electron chi connectivity index (χ2n) is 7.02. The Morgan fingerprint density at radius 3 is 2.62 bits per heavy atom. The molecular weight excluding hydrogens is 302 g/mol. The van der Waals surface area contributed by atoms with Crippen molar-refractivity contribution in [3.8, 4) is 0 Å². The summed E-state index contributed by atoms with van der Waals surface area (Å²) >= 11 is 0. The number of unbranched alkanes of at least 4 members (excludes halogenated alkanes) is 1. The maximum absolute atomic E-state index is 5.24. The molecule has 1 saturated carbocycles. The van der Waals surface area contributed by atoms with E-state index in [-0.39, 0.29) is 0 Å². The maximum Gasteiger partial charge on any atom is 0.228 e. The van der Waals surface area contributed by atoms with Crippen LogP contribution >= 0.6 is 0 Å². The molecule has 136 valence electrons. The predicted octanol–water partition coefficient (Wildman–Crippen LogP) is 3.26. The van der Waals surface area contributed by atoms with E-state index in [1.54, 1.807) is 7.05 Å². The van der Waals surface area contributed by atoms with Crippen molar-refractivity contribution in [3.05, 3.63) is 11.7 Å². The molecule has 1 fully saturated rings.